The summed E-state index contributed by atoms with van der Waals surface area (Å²) in [5.41, 5.74) is 0. The zero-order valence-electron chi connectivity index (χ0n) is 8.20. The van der Waals surface area contributed by atoms with Crippen LogP contribution in [0.2, 0.25) is 0 Å². The van der Waals surface area contributed by atoms with Gasteiger partial charge in [-0.15, -0.1) is 58.8 Å². The van der Waals surface area contributed by atoms with E-state index in [0.717, 1.165) is 9.16 Å². The zero-order valence-corrected chi connectivity index (χ0v) is 12.3. The molecule has 0 aromatic rings. The molecule has 2 rings (SSSR count). The third kappa shape index (κ3) is 2.47. The molecule has 2 aliphatic heterocycles. The molecule has 76 valence electrons. The number of fused-ring (bicyclic) bond motifs is 2. The van der Waals surface area contributed by atoms with Gasteiger partial charge in [-0.2, -0.15) is 0 Å². The quantitative estimate of drug-likeness (QED) is 0.623. The molecule has 0 N–H and O–H groups in total. The van der Waals surface area contributed by atoms with Crippen LogP contribution in [0, 0.1) is 0 Å². The summed E-state index contributed by atoms with van der Waals surface area (Å²) in [7, 11) is 0. The second-order valence-corrected chi connectivity index (χ2v) is 14.5. The average molecular weight is 271 g/mol. The molecule has 0 atom stereocenters. The van der Waals surface area contributed by atoms with Crippen LogP contribution in [-0.4, -0.2) is 16.0 Å². The molecule has 2 saturated heterocycles. The first-order valence-electron chi connectivity index (χ1n) is 4.32. The summed E-state index contributed by atoms with van der Waals surface area (Å²) in [5.74, 6) is 0. The van der Waals surface area contributed by atoms with Crippen LogP contribution in [0.5, 0.6) is 0 Å². The van der Waals surface area contributed by atoms with Gasteiger partial charge in [0, 0.05) is 0 Å². The van der Waals surface area contributed by atoms with Gasteiger partial charge in [-0.1, -0.05) is 0 Å². The van der Waals surface area contributed by atoms with Crippen molar-refractivity contribution in [3.63, 3.8) is 0 Å². The van der Waals surface area contributed by atoms with Crippen LogP contribution in [0.15, 0.2) is 0 Å². The highest BCUT2D eigenvalue weighted by Crippen LogP contribution is 2.72. The summed E-state index contributed by atoms with van der Waals surface area (Å²) in [6.07, 6.45) is 0. The normalized spacial score (nSPS) is 56.3. The Balaban J connectivity index is 2.22. The van der Waals surface area contributed by atoms with Crippen LogP contribution >= 0.6 is 58.8 Å². The van der Waals surface area contributed by atoms with Crippen molar-refractivity contribution in [2.24, 2.45) is 0 Å². The van der Waals surface area contributed by atoms with E-state index in [1.54, 1.807) is 0 Å². The van der Waals surface area contributed by atoms with Gasteiger partial charge in [0.25, 0.3) is 0 Å². The van der Waals surface area contributed by atoms with E-state index in [4.69, 9.17) is 0 Å². The van der Waals surface area contributed by atoms with Crippen LogP contribution in [-0.2, 0) is 0 Å². The average Bonchev–Trinajstić information content (AvgIpc) is 1.75. The van der Waals surface area contributed by atoms with E-state index in [1.165, 1.54) is 0 Å². The molecule has 0 amide bonds. The molecule has 2 fully saturated rings. The summed E-state index contributed by atoms with van der Waals surface area (Å²) >= 11 is 10.6. The first kappa shape index (κ1) is 11.2. The summed E-state index contributed by atoms with van der Waals surface area (Å²) in [6.45, 7) is 9.45. The summed E-state index contributed by atoms with van der Waals surface area (Å²) in [6, 6.07) is 0. The molecule has 0 nitrogen and oxygen atoms in total. The predicted molar refractivity (Wildman–Crippen MR) is 73.7 cm³/mol. The van der Waals surface area contributed by atoms with Crippen LogP contribution in [0.4, 0.5) is 0 Å². The highest BCUT2D eigenvalue weighted by atomic mass is 32.3. The number of hydrogen-bond acceptors (Lipinski definition) is 5. The maximum Gasteiger partial charge on any atom is 0.108 e. The number of thioether (sulfide) groups is 5. The maximum absolute atomic E-state index is 2.39. The van der Waals surface area contributed by atoms with E-state index in [2.05, 4.69) is 86.5 Å². The smallest absolute Gasteiger partial charge is 0.108 e. The molecule has 0 spiro atoms. The van der Waals surface area contributed by atoms with E-state index < -0.39 is 0 Å². The molecule has 13 heavy (non-hydrogen) atoms. The second-order valence-electron chi connectivity index (χ2n) is 3.43. The van der Waals surface area contributed by atoms with Crippen molar-refractivity contribution in [1.82, 2.24) is 0 Å². The largest absolute Gasteiger partial charge is 0.119 e. The van der Waals surface area contributed by atoms with Gasteiger partial charge < -0.3 is 0 Å². The first-order chi connectivity index (χ1) is 5.91. The molecule has 0 aromatic carbocycles. The van der Waals surface area contributed by atoms with E-state index in [-0.39, 0.29) is 0 Å². The lowest BCUT2D eigenvalue weighted by Crippen LogP contribution is -2.35. The number of rotatable bonds is 0. The molecule has 5 heteroatoms. The molecular weight excluding hydrogens is 256 g/mol. The highest BCUT2D eigenvalue weighted by Gasteiger charge is 2.50. The van der Waals surface area contributed by atoms with E-state index in [9.17, 15) is 0 Å². The standard InChI is InChI=1S/C8H14S5/c1-5-9-7(3)11-6(2)12-8(4,10-5)13-7/h5-6H,1-4H3. The Kier molecular flexibility index (Phi) is 3.16. The fourth-order valence-corrected chi connectivity index (χ4v) is 16.3. The molecule has 2 heterocycles. The van der Waals surface area contributed by atoms with Gasteiger partial charge in [0.1, 0.15) is 6.82 Å². The van der Waals surface area contributed by atoms with Crippen LogP contribution in [0.3, 0.4) is 0 Å². The first-order valence-corrected chi connectivity index (χ1v) is 8.66. The molecule has 0 aromatic heterocycles. The molecule has 0 saturated carbocycles. The van der Waals surface area contributed by atoms with Gasteiger partial charge >= 0.3 is 0 Å². The van der Waals surface area contributed by atoms with Gasteiger partial charge in [0.05, 0.1) is 9.16 Å². The van der Waals surface area contributed by atoms with Crippen LogP contribution in [0.1, 0.15) is 27.7 Å². The summed E-state index contributed by atoms with van der Waals surface area (Å²) in [4.78, 5) is 0. The molecular formula is C8H14S5. The fraction of sp³-hybridized carbons (Fsp3) is 1.00. The number of hydrogen-bond donors (Lipinski definition) is 0. The second kappa shape index (κ2) is 3.65. The van der Waals surface area contributed by atoms with Crippen molar-refractivity contribution in [2.75, 3.05) is 0 Å². The van der Waals surface area contributed by atoms with Crippen molar-refractivity contribution in [3.8, 4) is 0 Å². The van der Waals surface area contributed by atoms with Gasteiger partial charge in [-0.25, -0.2) is 0 Å². The molecule has 0 radical (unpaired) electrons. The Labute approximate surface area is 102 Å². The minimum atomic E-state index is 0.393. The molecule has 2 aliphatic rings. The van der Waals surface area contributed by atoms with Crippen molar-refractivity contribution >= 4 is 58.8 Å². The SMILES string of the molecule is CC1SC2(C)SC(C)SC(C)(S1)S2. The minimum absolute atomic E-state index is 0.393. The van der Waals surface area contributed by atoms with E-state index >= 15 is 0 Å². The van der Waals surface area contributed by atoms with E-state index in [0.29, 0.717) is 6.82 Å². The third-order valence-corrected chi connectivity index (χ3v) is 10.1. The highest BCUT2D eigenvalue weighted by molar-refractivity contribution is 8.53. The van der Waals surface area contributed by atoms with Crippen molar-refractivity contribution in [2.45, 2.75) is 43.7 Å². The van der Waals surface area contributed by atoms with Crippen molar-refractivity contribution in [1.29, 1.82) is 0 Å². The van der Waals surface area contributed by atoms with Crippen LogP contribution < -0.4 is 0 Å². The van der Waals surface area contributed by atoms with Crippen LogP contribution in [0.25, 0.3) is 0 Å². The minimum Gasteiger partial charge on any atom is -0.119 e. The molecule has 0 aliphatic carbocycles. The van der Waals surface area contributed by atoms with Crippen molar-refractivity contribution < 1.29 is 0 Å². The lowest BCUT2D eigenvalue weighted by molar-refractivity contribution is 1.17. The Bertz CT molecular complexity index is 183. The summed E-state index contributed by atoms with van der Waals surface area (Å²) < 4.78 is 2.27. The lowest BCUT2D eigenvalue weighted by atomic mass is 10.9. The van der Waals surface area contributed by atoms with Gasteiger partial charge in [0.15, 0.2) is 0 Å². The third-order valence-electron chi connectivity index (χ3n) is 1.89. The Morgan fingerprint density at radius 1 is 0.769 bits per heavy atom. The molecule has 0 unspecified atom stereocenters. The molecule has 2 bridgehead atoms. The summed E-state index contributed by atoms with van der Waals surface area (Å²) in [5, 5.41) is 0. The predicted octanol–water partition coefficient (Wildman–Crippen LogP) is 4.72. The lowest BCUT2D eigenvalue weighted by Gasteiger charge is -2.50. The topological polar surface area (TPSA) is 0 Å². The Hall–Kier alpha value is 1.75. The Morgan fingerprint density at radius 3 is 1.38 bits per heavy atom. The van der Waals surface area contributed by atoms with Crippen molar-refractivity contribution in [3.05, 3.63) is 0 Å². The fourth-order valence-electron chi connectivity index (χ4n) is 1.74. The maximum atomic E-state index is 2.39. The van der Waals surface area contributed by atoms with Gasteiger partial charge in [0.2, 0.25) is 0 Å². The van der Waals surface area contributed by atoms with E-state index in [1.807, 2.05) is 0 Å². The van der Waals surface area contributed by atoms with Gasteiger partial charge in [-0.05, 0) is 27.7 Å². The monoisotopic (exact) mass is 270 g/mol. The van der Waals surface area contributed by atoms with Gasteiger partial charge in [-0.3, -0.25) is 0 Å². The Morgan fingerprint density at radius 2 is 1.08 bits per heavy atom. The zero-order chi connectivity index (χ0) is 9.69.